The Morgan fingerprint density at radius 1 is 1.44 bits per heavy atom. The van der Waals surface area contributed by atoms with Crippen LogP contribution < -0.4 is 16.8 Å². The second-order valence-corrected chi connectivity index (χ2v) is 5.30. The molecule has 1 atom stereocenters. The molecule has 4 nitrogen and oxygen atoms in total. The normalized spacial score (nSPS) is 14.3. The van der Waals surface area contributed by atoms with Gasteiger partial charge in [-0.15, -0.1) is 0 Å². The summed E-state index contributed by atoms with van der Waals surface area (Å²) in [7, 11) is 0. The number of amides is 1. The zero-order valence-corrected chi connectivity index (χ0v) is 11.6. The van der Waals surface area contributed by atoms with Crippen LogP contribution in [0.2, 0.25) is 0 Å². The fraction of sp³-hybridized carbons (Fsp3) is 0.500. The molecular weight excluding hydrogens is 226 g/mol. The number of carbonyl (C=O) groups is 1. The molecule has 18 heavy (non-hydrogen) atoms. The fourth-order valence-corrected chi connectivity index (χ4v) is 1.78. The summed E-state index contributed by atoms with van der Waals surface area (Å²) < 4.78 is 0. The molecule has 0 radical (unpaired) electrons. The van der Waals surface area contributed by atoms with Crippen LogP contribution in [0, 0.1) is 12.8 Å². The number of aryl methyl sites for hydroxylation is 1. The topological polar surface area (TPSA) is 81.1 Å². The minimum atomic E-state index is -0.399. The Hall–Kier alpha value is -1.55. The fourth-order valence-electron chi connectivity index (χ4n) is 1.78. The van der Waals surface area contributed by atoms with E-state index in [2.05, 4.69) is 26.1 Å². The van der Waals surface area contributed by atoms with Crippen molar-refractivity contribution < 1.29 is 4.79 Å². The van der Waals surface area contributed by atoms with Crippen molar-refractivity contribution in [2.45, 2.75) is 33.2 Å². The Labute approximate surface area is 109 Å². The first kappa shape index (κ1) is 14.5. The second-order valence-electron chi connectivity index (χ2n) is 5.30. The summed E-state index contributed by atoms with van der Waals surface area (Å²) in [5.41, 5.74) is 13.3. The number of hydrogen-bond acceptors (Lipinski definition) is 3. The minimum absolute atomic E-state index is 0.166. The largest absolute Gasteiger partial charge is 0.378 e. The number of carbonyl (C=O) groups excluding carboxylic acids is 1. The van der Waals surface area contributed by atoms with Gasteiger partial charge in [0.2, 0.25) is 5.91 Å². The van der Waals surface area contributed by atoms with Crippen molar-refractivity contribution in [3.63, 3.8) is 0 Å². The van der Waals surface area contributed by atoms with Crippen molar-refractivity contribution in [1.29, 1.82) is 0 Å². The standard InChI is InChI=1S/C14H23N3O/c1-9(2)14(4,8-15)17-11-5-6-12(13(16)18)10(3)7-11/h5-7,9,17H,8,15H2,1-4H3,(H2,16,18). The molecule has 0 saturated heterocycles. The van der Waals surface area contributed by atoms with Crippen molar-refractivity contribution in [3.05, 3.63) is 29.3 Å². The first-order valence-electron chi connectivity index (χ1n) is 6.19. The van der Waals surface area contributed by atoms with Crippen LogP contribution in [0.3, 0.4) is 0 Å². The third-order valence-electron chi connectivity index (χ3n) is 3.62. The number of primary amides is 1. The van der Waals surface area contributed by atoms with E-state index in [4.69, 9.17) is 11.5 Å². The smallest absolute Gasteiger partial charge is 0.248 e. The molecule has 0 spiro atoms. The van der Waals surface area contributed by atoms with Gasteiger partial charge in [0.15, 0.2) is 0 Å². The van der Waals surface area contributed by atoms with Gasteiger partial charge in [-0.3, -0.25) is 4.79 Å². The molecule has 0 saturated carbocycles. The molecule has 0 aliphatic heterocycles. The Morgan fingerprint density at radius 3 is 2.44 bits per heavy atom. The number of anilines is 1. The molecule has 1 amide bonds. The van der Waals surface area contributed by atoms with E-state index >= 15 is 0 Å². The maximum absolute atomic E-state index is 11.2. The highest BCUT2D eigenvalue weighted by Crippen LogP contribution is 2.23. The monoisotopic (exact) mass is 249 g/mol. The SMILES string of the molecule is Cc1cc(NC(C)(CN)C(C)C)ccc1C(N)=O. The highest BCUT2D eigenvalue weighted by atomic mass is 16.1. The summed E-state index contributed by atoms with van der Waals surface area (Å²) in [5.74, 6) is 0.00289. The predicted octanol–water partition coefficient (Wildman–Crippen LogP) is 1.88. The molecule has 0 aliphatic carbocycles. The van der Waals surface area contributed by atoms with E-state index in [1.165, 1.54) is 0 Å². The van der Waals surface area contributed by atoms with Crippen molar-refractivity contribution >= 4 is 11.6 Å². The lowest BCUT2D eigenvalue weighted by Gasteiger charge is -2.34. The van der Waals surface area contributed by atoms with Gasteiger partial charge in [-0.1, -0.05) is 13.8 Å². The molecule has 100 valence electrons. The van der Waals surface area contributed by atoms with Crippen LogP contribution in [0.5, 0.6) is 0 Å². The predicted molar refractivity (Wildman–Crippen MR) is 75.6 cm³/mol. The third-order valence-corrected chi connectivity index (χ3v) is 3.62. The number of nitrogens with two attached hydrogens (primary N) is 2. The Bertz CT molecular complexity index is 443. The molecule has 5 N–H and O–H groups in total. The summed E-state index contributed by atoms with van der Waals surface area (Å²) in [5, 5.41) is 3.43. The highest BCUT2D eigenvalue weighted by Gasteiger charge is 2.26. The lowest BCUT2D eigenvalue weighted by atomic mass is 9.88. The zero-order chi connectivity index (χ0) is 13.9. The molecule has 1 rings (SSSR count). The Kier molecular flexibility index (Phi) is 4.35. The van der Waals surface area contributed by atoms with E-state index in [0.717, 1.165) is 11.3 Å². The molecule has 1 aromatic rings. The van der Waals surface area contributed by atoms with Crippen LogP contribution in [0.1, 0.15) is 36.7 Å². The van der Waals surface area contributed by atoms with Crippen LogP contribution in [0.15, 0.2) is 18.2 Å². The van der Waals surface area contributed by atoms with Crippen molar-refractivity contribution in [2.24, 2.45) is 17.4 Å². The molecule has 1 aromatic carbocycles. The summed E-state index contributed by atoms with van der Waals surface area (Å²) >= 11 is 0. The van der Waals surface area contributed by atoms with Gasteiger partial charge in [-0.25, -0.2) is 0 Å². The van der Waals surface area contributed by atoms with Gasteiger partial charge in [-0.2, -0.15) is 0 Å². The van der Waals surface area contributed by atoms with E-state index in [1.54, 1.807) is 6.07 Å². The molecule has 0 bridgehead atoms. The number of nitrogens with one attached hydrogen (secondary N) is 1. The molecule has 0 fully saturated rings. The van der Waals surface area contributed by atoms with Gasteiger partial charge in [0, 0.05) is 23.3 Å². The molecular formula is C14H23N3O. The van der Waals surface area contributed by atoms with Gasteiger partial charge < -0.3 is 16.8 Å². The van der Waals surface area contributed by atoms with Crippen molar-refractivity contribution in [2.75, 3.05) is 11.9 Å². The van der Waals surface area contributed by atoms with Crippen LogP contribution in [-0.4, -0.2) is 18.0 Å². The summed E-state index contributed by atoms with van der Waals surface area (Å²) in [6, 6.07) is 5.54. The van der Waals surface area contributed by atoms with Crippen LogP contribution in [0.25, 0.3) is 0 Å². The molecule has 1 unspecified atom stereocenters. The van der Waals surface area contributed by atoms with E-state index in [1.807, 2.05) is 19.1 Å². The average Bonchev–Trinajstić information content (AvgIpc) is 2.28. The highest BCUT2D eigenvalue weighted by molar-refractivity contribution is 5.94. The zero-order valence-electron chi connectivity index (χ0n) is 11.6. The van der Waals surface area contributed by atoms with E-state index in [-0.39, 0.29) is 5.54 Å². The summed E-state index contributed by atoms with van der Waals surface area (Å²) in [6.07, 6.45) is 0. The van der Waals surface area contributed by atoms with Crippen molar-refractivity contribution in [1.82, 2.24) is 0 Å². The third kappa shape index (κ3) is 3.01. The van der Waals surface area contributed by atoms with E-state index in [0.29, 0.717) is 18.0 Å². The number of rotatable bonds is 5. The average molecular weight is 249 g/mol. The van der Waals surface area contributed by atoms with Gasteiger partial charge in [-0.05, 0) is 43.5 Å². The maximum atomic E-state index is 11.2. The Morgan fingerprint density at radius 2 is 2.06 bits per heavy atom. The molecule has 0 aromatic heterocycles. The first-order valence-corrected chi connectivity index (χ1v) is 6.19. The summed E-state index contributed by atoms with van der Waals surface area (Å²) in [4.78, 5) is 11.2. The summed E-state index contributed by atoms with van der Waals surface area (Å²) in [6.45, 7) is 8.77. The van der Waals surface area contributed by atoms with Crippen LogP contribution in [0.4, 0.5) is 5.69 Å². The molecule has 0 aliphatic rings. The van der Waals surface area contributed by atoms with Gasteiger partial charge in [0.25, 0.3) is 0 Å². The van der Waals surface area contributed by atoms with Crippen LogP contribution in [-0.2, 0) is 0 Å². The van der Waals surface area contributed by atoms with E-state index < -0.39 is 5.91 Å². The Balaban J connectivity index is 2.99. The number of benzene rings is 1. The quantitative estimate of drug-likeness (QED) is 0.745. The molecule has 0 heterocycles. The van der Waals surface area contributed by atoms with Crippen molar-refractivity contribution in [3.8, 4) is 0 Å². The second kappa shape index (κ2) is 5.40. The minimum Gasteiger partial charge on any atom is -0.378 e. The van der Waals surface area contributed by atoms with E-state index in [9.17, 15) is 4.79 Å². The van der Waals surface area contributed by atoms with Crippen LogP contribution >= 0.6 is 0 Å². The lowest BCUT2D eigenvalue weighted by Crippen LogP contribution is -2.47. The van der Waals surface area contributed by atoms with Gasteiger partial charge in [0.1, 0.15) is 0 Å². The first-order chi connectivity index (χ1) is 8.30. The van der Waals surface area contributed by atoms with Gasteiger partial charge >= 0.3 is 0 Å². The maximum Gasteiger partial charge on any atom is 0.248 e. The number of hydrogen-bond donors (Lipinski definition) is 3. The van der Waals surface area contributed by atoms with Gasteiger partial charge in [0.05, 0.1) is 0 Å². The lowest BCUT2D eigenvalue weighted by molar-refractivity contribution is 0.1000. The molecule has 4 heteroatoms.